The number of rotatable bonds is 6. The fourth-order valence-corrected chi connectivity index (χ4v) is 4.80. The number of aromatic nitrogens is 4. The van der Waals surface area contributed by atoms with Gasteiger partial charge in [-0.1, -0.05) is 19.9 Å². The van der Waals surface area contributed by atoms with Gasteiger partial charge < -0.3 is 9.80 Å². The van der Waals surface area contributed by atoms with Crippen LogP contribution in [0.4, 0.5) is 10.1 Å². The van der Waals surface area contributed by atoms with E-state index in [0.717, 1.165) is 23.2 Å². The molecular weight excluding hydrogens is 455 g/mol. The van der Waals surface area contributed by atoms with Crippen molar-refractivity contribution < 1.29 is 9.18 Å². The normalized spacial score (nSPS) is 16.5. The molecule has 1 unspecified atom stereocenters. The summed E-state index contributed by atoms with van der Waals surface area (Å²) in [5, 5.41) is 4.43. The molecule has 1 fully saturated rings. The van der Waals surface area contributed by atoms with Crippen LogP contribution in [0.2, 0.25) is 0 Å². The lowest BCUT2D eigenvalue weighted by atomic mass is 10.0. The molecule has 1 saturated heterocycles. The molecule has 36 heavy (non-hydrogen) atoms. The average molecular weight is 487 g/mol. The smallest absolute Gasteiger partial charge is 0.228 e. The van der Waals surface area contributed by atoms with Gasteiger partial charge >= 0.3 is 0 Å². The predicted molar refractivity (Wildman–Crippen MR) is 139 cm³/mol. The van der Waals surface area contributed by atoms with E-state index >= 15 is 4.39 Å². The first-order valence-corrected chi connectivity index (χ1v) is 12.3. The highest BCUT2D eigenvalue weighted by Gasteiger charge is 2.28. The van der Waals surface area contributed by atoms with Crippen LogP contribution in [-0.2, 0) is 11.2 Å². The molecule has 1 aromatic carbocycles. The molecule has 1 aliphatic rings. The minimum atomic E-state index is -0.355. The average Bonchev–Trinajstić information content (AvgIpc) is 3.29. The highest BCUT2D eigenvalue weighted by atomic mass is 19.1. The maximum atomic E-state index is 15.1. The molecular formula is C28H31FN6O. The van der Waals surface area contributed by atoms with Crippen molar-refractivity contribution in [1.29, 1.82) is 0 Å². The zero-order valence-electron chi connectivity index (χ0n) is 21.1. The lowest BCUT2D eigenvalue weighted by molar-refractivity contribution is -0.120. The van der Waals surface area contributed by atoms with Crippen molar-refractivity contribution in [1.82, 2.24) is 24.5 Å². The molecule has 0 radical (unpaired) electrons. The standard InChI is InChI=1S/C28H31FN6O/c1-18(2)23-17-31-35-12-8-20(13-26(23)35)25-7-10-30-27(32-25)14-19-5-6-22(15-24(19)29)34-11-9-21(33(3)4)16-28(34)36/h5-8,10,12-13,15,17-18,21H,9,11,14,16H2,1-4H3. The lowest BCUT2D eigenvalue weighted by Crippen LogP contribution is -2.45. The number of hydrogen-bond donors (Lipinski definition) is 0. The van der Waals surface area contributed by atoms with Crippen LogP contribution >= 0.6 is 0 Å². The molecule has 5 rings (SSSR count). The Morgan fingerprint density at radius 1 is 1.17 bits per heavy atom. The zero-order chi connectivity index (χ0) is 25.4. The van der Waals surface area contributed by atoms with Gasteiger partial charge in [-0.2, -0.15) is 5.10 Å². The minimum absolute atomic E-state index is 0.0268. The van der Waals surface area contributed by atoms with Crippen LogP contribution in [0.5, 0.6) is 0 Å². The van der Waals surface area contributed by atoms with Crippen molar-refractivity contribution in [2.75, 3.05) is 25.5 Å². The number of nitrogens with zero attached hydrogens (tertiary/aromatic N) is 6. The Morgan fingerprint density at radius 2 is 2.00 bits per heavy atom. The van der Waals surface area contributed by atoms with E-state index in [0.29, 0.717) is 36.0 Å². The largest absolute Gasteiger partial charge is 0.312 e. The molecule has 0 bridgehead atoms. The third-order valence-electron chi connectivity index (χ3n) is 7.00. The second-order valence-electron chi connectivity index (χ2n) is 9.97. The van der Waals surface area contributed by atoms with Crippen LogP contribution in [0.15, 0.2) is 55.0 Å². The van der Waals surface area contributed by atoms with E-state index in [2.05, 4.69) is 34.9 Å². The topological polar surface area (TPSA) is 66.6 Å². The van der Waals surface area contributed by atoms with Crippen LogP contribution in [0, 0.1) is 5.82 Å². The number of carbonyl (C=O) groups is 1. The number of benzene rings is 1. The van der Waals surface area contributed by atoms with Crippen molar-refractivity contribution in [3.8, 4) is 11.3 Å². The van der Waals surface area contributed by atoms with Crippen LogP contribution in [-0.4, -0.2) is 57.1 Å². The fraction of sp³-hybridized carbons (Fsp3) is 0.357. The molecule has 1 atom stereocenters. The molecule has 186 valence electrons. The summed E-state index contributed by atoms with van der Waals surface area (Å²) in [6, 6.07) is 11.2. The summed E-state index contributed by atoms with van der Waals surface area (Å²) in [5.74, 6) is 0.573. The van der Waals surface area contributed by atoms with E-state index in [-0.39, 0.29) is 24.2 Å². The number of piperidine rings is 1. The van der Waals surface area contributed by atoms with E-state index in [1.807, 2.05) is 49.2 Å². The number of carbonyl (C=O) groups excluding carboxylic acids is 1. The Hall–Kier alpha value is -3.65. The number of pyridine rings is 1. The Labute approximate surface area is 210 Å². The monoisotopic (exact) mass is 486 g/mol. The summed E-state index contributed by atoms with van der Waals surface area (Å²) >= 11 is 0. The van der Waals surface area contributed by atoms with Crippen molar-refractivity contribution in [3.63, 3.8) is 0 Å². The molecule has 0 aliphatic carbocycles. The van der Waals surface area contributed by atoms with Gasteiger partial charge in [-0.25, -0.2) is 18.9 Å². The van der Waals surface area contributed by atoms with Crippen molar-refractivity contribution in [2.45, 2.75) is 45.1 Å². The zero-order valence-corrected chi connectivity index (χ0v) is 21.1. The highest BCUT2D eigenvalue weighted by molar-refractivity contribution is 5.94. The molecule has 0 saturated carbocycles. The van der Waals surface area contributed by atoms with Gasteiger partial charge in [-0.05, 0) is 62.3 Å². The molecule has 1 amide bonds. The van der Waals surface area contributed by atoms with Crippen molar-refractivity contribution in [2.24, 2.45) is 0 Å². The molecule has 8 heteroatoms. The summed E-state index contributed by atoms with van der Waals surface area (Å²) in [6.07, 6.45) is 7.12. The highest BCUT2D eigenvalue weighted by Crippen LogP contribution is 2.27. The summed E-state index contributed by atoms with van der Waals surface area (Å²) < 4.78 is 17.0. The molecule has 3 aromatic heterocycles. The molecule has 4 aromatic rings. The summed E-state index contributed by atoms with van der Waals surface area (Å²) in [6.45, 7) is 4.88. The third-order valence-corrected chi connectivity index (χ3v) is 7.00. The molecule has 7 nitrogen and oxygen atoms in total. The van der Waals surface area contributed by atoms with E-state index in [1.165, 1.54) is 11.6 Å². The molecule has 4 heterocycles. The Morgan fingerprint density at radius 3 is 2.72 bits per heavy atom. The van der Waals surface area contributed by atoms with Gasteiger partial charge in [-0.3, -0.25) is 4.79 Å². The van der Waals surface area contributed by atoms with Gasteiger partial charge in [0.2, 0.25) is 5.91 Å². The molecule has 1 aliphatic heterocycles. The van der Waals surface area contributed by atoms with E-state index < -0.39 is 0 Å². The Kier molecular flexibility index (Phi) is 6.53. The van der Waals surface area contributed by atoms with Gasteiger partial charge in [0.15, 0.2) is 0 Å². The van der Waals surface area contributed by atoms with Crippen LogP contribution in [0.3, 0.4) is 0 Å². The van der Waals surface area contributed by atoms with Crippen LogP contribution < -0.4 is 4.90 Å². The minimum Gasteiger partial charge on any atom is -0.312 e. The number of hydrogen-bond acceptors (Lipinski definition) is 5. The van der Waals surface area contributed by atoms with Gasteiger partial charge in [0.05, 0.1) is 17.4 Å². The second kappa shape index (κ2) is 9.78. The van der Waals surface area contributed by atoms with Gasteiger partial charge in [-0.15, -0.1) is 0 Å². The SMILES string of the molecule is CC(C)c1cnn2ccc(-c3ccnc(Cc4ccc(N5CCC(N(C)C)CC5=O)cc4F)n3)cc12. The summed E-state index contributed by atoms with van der Waals surface area (Å²) in [5.41, 5.74) is 5.07. The summed E-state index contributed by atoms with van der Waals surface area (Å²) in [7, 11) is 3.97. The molecule has 0 N–H and O–H groups in total. The van der Waals surface area contributed by atoms with Crippen molar-refractivity contribution in [3.05, 3.63) is 77.8 Å². The van der Waals surface area contributed by atoms with Crippen LogP contribution in [0.25, 0.3) is 16.8 Å². The fourth-order valence-electron chi connectivity index (χ4n) is 4.80. The Balaban J connectivity index is 1.35. The Bertz CT molecular complexity index is 1410. The van der Waals surface area contributed by atoms with Gasteiger partial charge in [0.1, 0.15) is 11.6 Å². The number of fused-ring (bicyclic) bond motifs is 1. The lowest BCUT2D eigenvalue weighted by Gasteiger charge is -2.34. The van der Waals surface area contributed by atoms with E-state index in [4.69, 9.17) is 4.98 Å². The summed E-state index contributed by atoms with van der Waals surface area (Å²) in [4.78, 5) is 25.5. The number of halogens is 1. The maximum Gasteiger partial charge on any atom is 0.228 e. The number of amides is 1. The van der Waals surface area contributed by atoms with E-state index in [9.17, 15) is 4.79 Å². The third kappa shape index (κ3) is 4.73. The first-order valence-electron chi connectivity index (χ1n) is 12.3. The predicted octanol–water partition coefficient (Wildman–Crippen LogP) is 4.70. The van der Waals surface area contributed by atoms with Gasteiger partial charge in [0, 0.05) is 54.6 Å². The maximum absolute atomic E-state index is 15.1. The quantitative estimate of drug-likeness (QED) is 0.395. The first kappa shape index (κ1) is 24.1. The number of anilines is 1. The van der Waals surface area contributed by atoms with Gasteiger partial charge in [0.25, 0.3) is 0 Å². The first-order chi connectivity index (χ1) is 17.3. The van der Waals surface area contributed by atoms with Crippen LogP contribution in [0.1, 0.15) is 49.6 Å². The molecule has 0 spiro atoms. The van der Waals surface area contributed by atoms with Crippen molar-refractivity contribution >= 4 is 17.1 Å². The van der Waals surface area contributed by atoms with E-state index in [1.54, 1.807) is 17.2 Å². The second-order valence-corrected chi connectivity index (χ2v) is 9.97.